The van der Waals surface area contributed by atoms with E-state index >= 15 is 0 Å². The van der Waals surface area contributed by atoms with E-state index in [0.717, 1.165) is 28.9 Å². The Morgan fingerprint density at radius 3 is 2.73 bits per heavy atom. The van der Waals surface area contributed by atoms with Crippen LogP contribution in [0.15, 0.2) is 47.1 Å². The number of nitrogens with zero attached hydrogens (tertiary/aromatic N) is 2. The molecule has 1 fully saturated rings. The molecule has 0 aliphatic carbocycles. The van der Waals surface area contributed by atoms with Gasteiger partial charge in [-0.3, -0.25) is 9.78 Å². The Kier molecular flexibility index (Phi) is 4.73. The smallest absolute Gasteiger partial charge is 0.274 e. The number of benzene rings is 1. The summed E-state index contributed by atoms with van der Waals surface area (Å²) < 4.78 is 0.931. The first-order chi connectivity index (χ1) is 10.7. The molecule has 2 heterocycles. The molecule has 0 unspecified atom stereocenters. The lowest BCUT2D eigenvalue weighted by atomic mass is 10.1. The van der Waals surface area contributed by atoms with Crippen molar-refractivity contribution in [2.24, 2.45) is 0 Å². The van der Waals surface area contributed by atoms with Crippen molar-refractivity contribution in [2.45, 2.75) is 19.3 Å². The normalized spacial score (nSPS) is 14.7. The fourth-order valence-electron chi connectivity index (χ4n) is 2.65. The van der Waals surface area contributed by atoms with E-state index in [1.165, 1.54) is 19.3 Å². The fraction of sp³-hybridized carbons (Fsp3) is 0.294. The van der Waals surface area contributed by atoms with Crippen LogP contribution in [0, 0.1) is 0 Å². The zero-order chi connectivity index (χ0) is 15.4. The zero-order valence-electron chi connectivity index (χ0n) is 12.3. The van der Waals surface area contributed by atoms with E-state index in [0.29, 0.717) is 5.69 Å². The summed E-state index contributed by atoms with van der Waals surface area (Å²) in [5.41, 5.74) is 2.28. The van der Waals surface area contributed by atoms with Crippen molar-refractivity contribution in [1.82, 2.24) is 4.98 Å². The number of amides is 1. The number of pyridine rings is 1. The van der Waals surface area contributed by atoms with Gasteiger partial charge >= 0.3 is 0 Å². The van der Waals surface area contributed by atoms with Gasteiger partial charge in [0, 0.05) is 35.1 Å². The molecule has 1 saturated heterocycles. The Hall–Kier alpha value is -1.88. The third-order valence-electron chi connectivity index (χ3n) is 3.78. The highest BCUT2D eigenvalue weighted by atomic mass is 79.9. The number of hydrogen-bond donors (Lipinski definition) is 1. The molecule has 1 aliphatic rings. The summed E-state index contributed by atoms with van der Waals surface area (Å²) in [4.78, 5) is 18.9. The summed E-state index contributed by atoms with van der Waals surface area (Å²) in [6.07, 6.45) is 5.42. The van der Waals surface area contributed by atoms with Gasteiger partial charge in [-0.05, 0) is 49.6 Å². The molecule has 22 heavy (non-hydrogen) atoms. The molecule has 114 valence electrons. The Morgan fingerprint density at radius 1 is 1.14 bits per heavy atom. The molecule has 3 rings (SSSR count). The van der Waals surface area contributed by atoms with Gasteiger partial charge < -0.3 is 10.2 Å². The second kappa shape index (κ2) is 6.92. The van der Waals surface area contributed by atoms with Crippen LogP contribution in [0.4, 0.5) is 11.4 Å². The van der Waals surface area contributed by atoms with E-state index < -0.39 is 0 Å². The minimum atomic E-state index is -0.183. The number of hydrogen-bond acceptors (Lipinski definition) is 3. The molecule has 1 amide bonds. The van der Waals surface area contributed by atoms with Gasteiger partial charge in [0.1, 0.15) is 5.69 Å². The number of piperidine rings is 1. The van der Waals surface area contributed by atoms with Crippen LogP contribution in [-0.2, 0) is 0 Å². The average molecular weight is 360 g/mol. The van der Waals surface area contributed by atoms with Gasteiger partial charge in [-0.25, -0.2) is 0 Å². The maximum absolute atomic E-state index is 12.4. The van der Waals surface area contributed by atoms with Crippen molar-refractivity contribution < 1.29 is 4.79 Å². The Bertz CT molecular complexity index is 668. The first-order valence-corrected chi connectivity index (χ1v) is 8.29. The third-order valence-corrected chi connectivity index (χ3v) is 4.27. The number of rotatable bonds is 3. The summed E-state index contributed by atoms with van der Waals surface area (Å²) in [6.45, 7) is 2.10. The van der Waals surface area contributed by atoms with Gasteiger partial charge in [-0.2, -0.15) is 0 Å². The highest BCUT2D eigenvalue weighted by Gasteiger charge is 2.14. The van der Waals surface area contributed by atoms with Crippen LogP contribution in [-0.4, -0.2) is 24.0 Å². The summed E-state index contributed by atoms with van der Waals surface area (Å²) in [7, 11) is 0. The van der Waals surface area contributed by atoms with Gasteiger partial charge in [0.05, 0.1) is 0 Å². The van der Waals surface area contributed by atoms with Gasteiger partial charge in [-0.1, -0.05) is 22.0 Å². The molecular weight excluding hydrogens is 342 g/mol. The molecule has 0 spiro atoms. The Morgan fingerprint density at radius 2 is 1.95 bits per heavy atom. The van der Waals surface area contributed by atoms with Crippen molar-refractivity contribution in [3.63, 3.8) is 0 Å². The highest BCUT2D eigenvalue weighted by Crippen LogP contribution is 2.21. The van der Waals surface area contributed by atoms with Crippen molar-refractivity contribution in [3.8, 4) is 0 Å². The molecule has 1 aromatic heterocycles. The molecule has 5 heteroatoms. The lowest BCUT2D eigenvalue weighted by Crippen LogP contribution is -2.29. The van der Waals surface area contributed by atoms with E-state index in [1.807, 2.05) is 36.4 Å². The number of halogens is 1. The van der Waals surface area contributed by atoms with Crippen molar-refractivity contribution >= 4 is 33.2 Å². The van der Waals surface area contributed by atoms with Crippen LogP contribution in [0.25, 0.3) is 0 Å². The van der Waals surface area contributed by atoms with Crippen LogP contribution in [0.2, 0.25) is 0 Å². The highest BCUT2D eigenvalue weighted by molar-refractivity contribution is 9.10. The largest absolute Gasteiger partial charge is 0.371 e. The molecule has 0 radical (unpaired) electrons. The first-order valence-electron chi connectivity index (χ1n) is 7.50. The summed E-state index contributed by atoms with van der Waals surface area (Å²) >= 11 is 3.40. The fourth-order valence-corrected chi connectivity index (χ4v) is 3.05. The number of aromatic nitrogens is 1. The second-order valence-electron chi connectivity index (χ2n) is 5.41. The van der Waals surface area contributed by atoms with Gasteiger partial charge in [0.25, 0.3) is 5.91 Å². The molecule has 0 saturated carbocycles. The van der Waals surface area contributed by atoms with E-state index in [9.17, 15) is 4.79 Å². The summed E-state index contributed by atoms with van der Waals surface area (Å²) in [5, 5.41) is 2.88. The Labute approximate surface area is 138 Å². The number of nitrogens with one attached hydrogen (secondary N) is 1. The van der Waals surface area contributed by atoms with Crippen molar-refractivity contribution in [3.05, 3.63) is 52.8 Å². The second-order valence-corrected chi connectivity index (χ2v) is 6.33. The molecule has 1 aromatic carbocycles. The molecule has 1 N–H and O–H groups in total. The lowest BCUT2D eigenvalue weighted by Gasteiger charge is -2.28. The van der Waals surface area contributed by atoms with Crippen LogP contribution < -0.4 is 10.2 Å². The molecule has 4 nitrogen and oxygen atoms in total. The molecular formula is C17H18BrN3O. The predicted octanol–water partition coefficient (Wildman–Crippen LogP) is 4.09. The molecule has 1 aliphatic heterocycles. The third kappa shape index (κ3) is 3.65. The quantitative estimate of drug-likeness (QED) is 0.897. The zero-order valence-corrected chi connectivity index (χ0v) is 13.8. The molecule has 0 atom stereocenters. The van der Waals surface area contributed by atoms with Crippen LogP contribution >= 0.6 is 15.9 Å². The van der Waals surface area contributed by atoms with Crippen molar-refractivity contribution in [2.75, 3.05) is 23.3 Å². The van der Waals surface area contributed by atoms with E-state index in [-0.39, 0.29) is 5.91 Å². The topological polar surface area (TPSA) is 45.2 Å². The monoisotopic (exact) mass is 359 g/mol. The Balaban J connectivity index is 1.75. The maximum atomic E-state index is 12.4. The molecule has 2 aromatic rings. The first kappa shape index (κ1) is 15.0. The minimum Gasteiger partial charge on any atom is -0.371 e. The van der Waals surface area contributed by atoms with Gasteiger partial charge in [0.2, 0.25) is 0 Å². The van der Waals surface area contributed by atoms with E-state index in [1.54, 1.807) is 6.20 Å². The van der Waals surface area contributed by atoms with E-state index in [4.69, 9.17) is 0 Å². The standard InChI is InChI=1S/C17H18BrN3O/c18-13-5-4-6-14(11-13)20-17(22)16-12-15(7-8-19-16)21-9-2-1-3-10-21/h4-8,11-12H,1-3,9-10H2,(H,20,22). The van der Waals surface area contributed by atoms with Gasteiger partial charge in [-0.15, -0.1) is 0 Å². The maximum Gasteiger partial charge on any atom is 0.274 e. The van der Waals surface area contributed by atoms with Crippen LogP contribution in [0.1, 0.15) is 29.8 Å². The van der Waals surface area contributed by atoms with E-state index in [2.05, 4.69) is 31.1 Å². The van der Waals surface area contributed by atoms with Crippen LogP contribution in [0.3, 0.4) is 0 Å². The summed E-state index contributed by atoms with van der Waals surface area (Å²) in [5.74, 6) is -0.183. The SMILES string of the molecule is O=C(Nc1cccc(Br)c1)c1cc(N2CCCCC2)ccn1. The van der Waals surface area contributed by atoms with Crippen LogP contribution in [0.5, 0.6) is 0 Å². The minimum absolute atomic E-state index is 0.183. The summed E-state index contributed by atoms with van der Waals surface area (Å²) in [6, 6.07) is 11.4. The van der Waals surface area contributed by atoms with Gasteiger partial charge in [0.15, 0.2) is 0 Å². The number of carbonyl (C=O) groups excluding carboxylic acids is 1. The lowest BCUT2D eigenvalue weighted by molar-refractivity contribution is 0.102. The molecule has 0 bridgehead atoms. The predicted molar refractivity (Wildman–Crippen MR) is 92.4 cm³/mol. The average Bonchev–Trinajstić information content (AvgIpc) is 2.56. The van der Waals surface area contributed by atoms with Crippen molar-refractivity contribution in [1.29, 1.82) is 0 Å². The number of carbonyl (C=O) groups is 1. The number of anilines is 2.